The molecule has 1 N–H and O–H groups in total. The summed E-state index contributed by atoms with van der Waals surface area (Å²) in [4.78, 5) is 16.0. The van der Waals surface area contributed by atoms with Gasteiger partial charge in [0.1, 0.15) is 0 Å². The molecule has 1 aliphatic carbocycles. The topological polar surface area (TPSA) is 41.6 Å². The summed E-state index contributed by atoms with van der Waals surface area (Å²) in [6.07, 6.45) is 2.75. The fourth-order valence-corrected chi connectivity index (χ4v) is 8.86. The van der Waals surface area contributed by atoms with Crippen LogP contribution in [0.4, 0.5) is 5.69 Å². The number of fused-ring (bicyclic) bond motifs is 1. The fourth-order valence-electron chi connectivity index (χ4n) is 5.82. The first kappa shape index (κ1) is 21.5. The molecule has 0 aromatic heterocycles. The Balaban J connectivity index is 1.67. The zero-order valence-electron chi connectivity index (χ0n) is 18.8. The van der Waals surface area contributed by atoms with Crippen molar-refractivity contribution in [3.05, 3.63) is 83.6 Å². The molecule has 1 spiro atoms. The minimum atomic E-state index is -0.191. The molecule has 0 amide bonds. The Bertz CT molecular complexity index is 1080. The molecule has 4 nitrogen and oxygen atoms in total. The van der Waals surface area contributed by atoms with Crippen molar-refractivity contribution in [3.63, 3.8) is 0 Å². The molecule has 1 fully saturated rings. The molecule has 0 bridgehead atoms. The summed E-state index contributed by atoms with van der Waals surface area (Å²) in [5.41, 5.74) is 5.47. The Morgan fingerprint density at radius 3 is 2.72 bits per heavy atom. The van der Waals surface area contributed by atoms with Gasteiger partial charge in [0, 0.05) is 0 Å². The van der Waals surface area contributed by atoms with E-state index in [2.05, 4.69) is 78.3 Å². The Morgan fingerprint density at radius 1 is 1.22 bits per heavy atom. The number of nitrogens with zero attached hydrogens (tertiary/aromatic N) is 1. The second-order valence-corrected chi connectivity index (χ2v) is 11.7. The van der Waals surface area contributed by atoms with E-state index in [9.17, 15) is 4.79 Å². The molecule has 2 heterocycles. The average molecular weight is 494 g/mol. The van der Waals surface area contributed by atoms with E-state index in [1.165, 1.54) is 22.7 Å². The molecule has 32 heavy (non-hydrogen) atoms. The van der Waals surface area contributed by atoms with Crippen molar-refractivity contribution < 1.29 is 9.53 Å². The van der Waals surface area contributed by atoms with E-state index in [-0.39, 0.29) is 26.3 Å². The van der Waals surface area contributed by atoms with Gasteiger partial charge < -0.3 is 0 Å². The molecule has 5 heteroatoms. The van der Waals surface area contributed by atoms with Crippen molar-refractivity contribution >= 4 is 31.1 Å². The van der Waals surface area contributed by atoms with Crippen LogP contribution in [0.15, 0.2) is 78.0 Å². The number of carbonyl (C=O) groups excluding carboxylic acids is 1. The van der Waals surface area contributed by atoms with Gasteiger partial charge in [-0.3, -0.25) is 0 Å². The van der Waals surface area contributed by atoms with Crippen LogP contribution in [0.3, 0.4) is 0 Å². The number of carbonyl (C=O) groups is 1. The van der Waals surface area contributed by atoms with E-state index in [4.69, 9.17) is 4.74 Å². The van der Waals surface area contributed by atoms with Crippen LogP contribution >= 0.6 is 0 Å². The van der Waals surface area contributed by atoms with Crippen molar-refractivity contribution in [2.75, 3.05) is 25.5 Å². The number of benzene rings is 2. The fraction of sp³-hybridized carbons (Fsp3) is 0.370. The number of anilines is 1. The Labute approximate surface area is 196 Å². The molecule has 3 atom stereocenters. The van der Waals surface area contributed by atoms with Crippen molar-refractivity contribution in [2.24, 2.45) is 0 Å². The normalized spacial score (nSPS) is 26.2. The molecule has 2 aliphatic heterocycles. The number of para-hydroxylation sites is 1. The molecule has 166 valence electrons. The van der Waals surface area contributed by atoms with Gasteiger partial charge in [0.2, 0.25) is 0 Å². The van der Waals surface area contributed by atoms with Gasteiger partial charge in [-0.15, -0.1) is 0 Å². The van der Waals surface area contributed by atoms with Gasteiger partial charge in [0.05, 0.1) is 0 Å². The molecule has 3 aliphatic rings. The summed E-state index contributed by atoms with van der Waals surface area (Å²) in [5, 5.41) is 3.67. The first-order valence-electron chi connectivity index (χ1n) is 11.4. The maximum atomic E-state index is 13.0. The molecule has 1 saturated heterocycles. The summed E-state index contributed by atoms with van der Waals surface area (Å²) >= 11 is 0.234. The number of esters is 1. The molecule has 2 aromatic rings. The Hall–Kier alpha value is -2.33. The third-order valence-electron chi connectivity index (χ3n) is 7.25. The second-order valence-electron chi connectivity index (χ2n) is 8.93. The standard InChI is InChI=1S/C27H30N2O2Se/c1-4-18(2)17-29-15-14-27-21-12-8-9-13-22(21)28-24(27)20(26(30)31-3)16-23(25(27)29)32-19-10-6-5-7-11-19/h5-13,23,25,28H,2,4,14-17H2,1,3H3/t23-,25+,27+/m1/s1. The van der Waals surface area contributed by atoms with Gasteiger partial charge in [-0.05, 0) is 0 Å². The predicted octanol–water partition coefficient (Wildman–Crippen LogP) is 4.04. The van der Waals surface area contributed by atoms with Crippen molar-refractivity contribution in [2.45, 2.75) is 42.5 Å². The van der Waals surface area contributed by atoms with E-state index in [1.807, 2.05) is 0 Å². The molecular formula is C27H30N2O2Se. The summed E-state index contributed by atoms with van der Waals surface area (Å²) < 4.78 is 6.67. The van der Waals surface area contributed by atoms with Gasteiger partial charge in [-0.2, -0.15) is 0 Å². The van der Waals surface area contributed by atoms with E-state index in [1.54, 1.807) is 0 Å². The Kier molecular flexibility index (Phi) is 5.75. The van der Waals surface area contributed by atoms with E-state index < -0.39 is 0 Å². The van der Waals surface area contributed by atoms with E-state index in [0.717, 1.165) is 49.3 Å². The third-order valence-corrected chi connectivity index (χ3v) is 9.92. The first-order chi connectivity index (χ1) is 15.6. The number of nitrogens with one attached hydrogen (secondary N) is 1. The number of likely N-dealkylation sites (tertiary alicyclic amines) is 1. The van der Waals surface area contributed by atoms with E-state index >= 15 is 0 Å². The zero-order valence-corrected chi connectivity index (χ0v) is 20.5. The van der Waals surface area contributed by atoms with Crippen molar-refractivity contribution in [1.82, 2.24) is 4.90 Å². The van der Waals surface area contributed by atoms with Crippen LogP contribution in [-0.2, 0) is 14.9 Å². The third kappa shape index (κ3) is 3.35. The van der Waals surface area contributed by atoms with Crippen LogP contribution in [0.2, 0.25) is 4.82 Å². The molecule has 0 unspecified atom stereocenters. The predicted molar refractivity (Wildman–Crippen MR) is 130 cm³/mol. The summed E-state index contributed by atoms with van der Waals surface area (Å²) in [7, 11) is 1.50. The summed E-state index contributed by atoms with van der Waals surface area (Å²) in [5.74, 6) is -0.191. The zero-order chi connectivity index (χ0) is 22.3. The number of hydrogen-bond acceptors (Lipinski definition) is 4. The summed E-state index contributed by atoms with van der Waals surface area (Å²) in [6.45, 7) is 8.45. The maximum absolute atomic E-state index is 13.0. The molecular weight excluding hydrogens is 463 g/mol. The monoisotopic (exact) mass is 494 g/mol. The van der Waals surface area contributed by atoms with Crippen LogP contribution in [0, 0.1) is 0 Å². The van der Waals surface area contributed by atoms with Crippen LogP contribution in [-0.4, -0.2) is 52.1 Å². The number of methoxy groups -OCH3 is 1. The molecule has 0 saturated carbocycles. The molecule has 0 radical (unpaired) electrons. The van der Waals surface area contributed by atoms with Crippen LogP contribution < -0.4 is 9.78 Å². The number of rotatable bonds is 6. The van der Waals surface area contributed by atoms with Gasteiger partial charge >= 0.3 is 197 Å². The minimum absolute atomic E-state index is 0.187. The van der Waals surface area contributed by atoms with Crippen molar-refractivity contribution in [3.8, 4) is 0 Å². The molecule has 2 aromatic carbocycles. The van der Waals surface area contributed by atoms with Crippen LogP contribution in [0.25, 0.3) is 0 Å². The molecule has 5 rings (SSSR count). The van der Waals surface area contributed by atoms with Crippen molar-refractivity contribution in [1.29, 1.82) is 0 Å². The van der Waals surface area contributed by atoms with Gasteiger partial charge in [0.25, 0.3) is 0 Å². The van der Waals surface area contributed by atoms with Gasteiger partial charge in [-0.1, -0.05) is 0 Å². The number of hydrogen-bond donors (Lipinski definition) is 1. The second kappa shape index (κ2) is 8.55. The quantitative estimate of drug-likeness (QED) is 0.375. The first-order valence-corrected chi connectivity index (χ1v) is 13.2. The number of ether oxygens (including phenoxy) is 1. The summed E-state index contributed by atoms with van der Waals surface area (Å²) in [6, 6.07) is 19.7. The van der Waals surface area contributed by atoms with Gasteiger partial charge in [0.15, 0.2) is 0 Å². The van der Waals surface area contributed by atoms with Gasteiger partial charge in [-0.25, -0.2) is 0 Å². The average Bonchev–Trinajstić information content (AvgIpc) is 3.37. The Morgan fingerprint density at radius 2 is 1.97 bits per heavy atom. The SMILES string of the molecule is C=C(CC)CN1CC[C@]23C(=C(C(=O)OC)C[C@@H]([Se]c4ccccc4)[C@H]12)Nc1ccccc13. The van der Waals surface area contributed by atoms with E-state index in [0.29, 0.717) is 10.9 Å². The van der Waals surface area contributed by atoms with Crippen LogP contribution in [0.5, 0.6) is 0 Å². The van der Waals surface area contributed by atoms with Crippen LogP contribution in [0.1, 0.15) is 31.7 Å².